The molecular weight excluding hydrogens is 408 g/mol. The number of hydrogen-bond donors (Lipinski definition) is 2. The molecule has 3 aromatic rings. The third-order valence-corrected chi connectivity index (χ3v) is 7.07. The van der Waals surface area contributed by atoms with E-state index >= 15 is 0 Å². The molecule has 0 saturated heterocycles. The summed E-state index contributed by atoms with van der Waals surface area (Å²) in [6.07, 6.45) is 0. The van der Waals surface area contributed by atoms with Gasteiger partial charge in [0.15, 0.2) is 4.75 Å². The maximum atomic E-state index is 13.4. The number of halogens is 1. The van der Waals surface area contributed by atoms with Crippen molar-refractivity contribution < 1.29 is 9.59 Å². The summed E-state index contributed by atoms with van der Waals surface area (Å²) in [5.41, 5.74) is 3.64. The highest BCUT2D eigenvalue weighted by Crippen LogP contribution is 2.56. The van der Waals surface area contributed by atoms with Crippen molar-refractivity contribution in [1.29, 1.82) is 0 Å². The Morgan fingerprint density at radius 1 is 1.14 bits per heavy atom. The topological polar surface area (TPSA) is 76.0 Å². The van der Waals surface area contributed by atoms with Crippen LogP contribution in [0.15, 0.2) is 48.5 Å². The predicted octanol–water partition coefficient (Wildman–Crippen LogP) is 4.10. The normalized spacial score (nSPS) is 22.7. The molecule has 29 heavy (non-hydrogen) atoms. The molecule has 0 fully saturated rings. The second-order valence-electron chi connectivity index (χ2n) is 7.13. The van der Waals surface area contributed by atoms with Crippen LogP contribution < -0.4 is 10.6 Å². The van der Waals surface area contributed by atoms with Gasteiger partial charge in [0.25, 0.3) is 0 Å². The minimum atomic E-state index is -1.09. The van der Waals surface area contributed by atoms with E-state index in [1.807, 2.05) is 50.2 Å². The van der Waals surface area contributed by atoms with Crippen molar-refractivity contribution in [2.45, 2.75) is 23.8 Å². The zero-order chi connectivity index (χ0) is 20.3. The molecule has 6 nitrogen and oxygen atoms in total. The van der Waals surface area contributed by atoms with E-state index in [-0.39, 0.29) is 11.8 Å². The lowest BCUT2D eigenvalue weighted by atomic mass is 9.91. The Kier molecular flexibility index (Phi) is 4.01. The number of fused-ring (bicyclic) bond motifs is 4. The molecule has 5 rings (SSSR count). The van der Waals surface area contributed by atoms with Crippen LogP contribution in [-0.4, -0.2) is 26.8 Å². The number of anilines is 2. The number of nitrogens with one attached hydrogen (secondary N) is 2. The Bertz CT molecular complexity index is 1180. The van der Waals surface area contributed by atoms with E-state index < -0.39 is 10.00 Å². The zero-order valence-corrected chi connectivity index (χ0v) is 17.3. The second-order valence-corrected chi connectivity index (χ2v) is 9.12. The number of thioether (sulfide) groups is 1. The molecule has 2 aromatic carbocycles. The van der Waals surface area contributed by atoms with E-state index in [4.69, 9.17) is 16.7 Å². The maximum Gasteiger partial charge on any atom is 0.250 e. The summed E-state index contributed by atoms with van der Waals surface area (Å²) in [4.78, 5) is 26.3. The molecule has 8 heteroatoms. The summed E-state index contributed by atoms with van der Waals surface area (Å²) in [6, 6.07) is 14.9. The predicted molar refractivity (Wildman–Crippen MR) is 115 cm³/mol. The SMILES string of the molecule is Cc1nn(-c2ccccc2)c2c1C1(SC(C)C(=O)N2)C(=O)Nc2cc(Cl)ccc21. The van der Waals surface area contributed by atoms with E-state index in [1.165, 1.54) is 11.8 Å². The molecule has 2 unspecified atom stereocenters. The van der Waals surface area contributed by atoms with Crippen molar-refractivity contribution >= 4 is 46.7 Å². The first-order valence-corrected chi connectivity index (χ1v) is 10.4. The number of nitrogens with zero attached hydrogens (tertiary/aromatic N) is 2. The third kappa shape index (κ3) is 2.54. The number of para-hydroxylation sites is 1. The fraction of sp³-hybridized carbons (Fsp3) is 0.190. The quantitative estimate of drug-likeness (QED) is 0.616. The van der Waals surface area contributed by atoms with Gasteiger partial charge >= 0.3 is 0 Å². The molecule has 0 radical (unpaired) electrons. The molecule has 146 valence electrons. The Hall–Kier alpha value is -2.77. The van der Waals surface area contributed by atoms with Crippen molar-refractivity contribution in [2.75, 3.05) is 10.6 Å². The summed E-state index contributed by atoms with van der Waals surface area (Å²) in [5.74, 6) is 0.161. The average Bonchev–Trinajstić information content (AvgIpc) is 3.11. The molecule has 1 spiro atoms. The molecule has 0 saturated carbocycles. The van der Waals surface area contributed by atoms with Crippen LogP contribution in [-0.2, 0) is 14.3 Å². The molecule has 0 bridgehead atoms. The van der Waals surface area contributed by atoms with Gasteiger partial charge in [-0.2, -0.15) is 5.10 Å². The average molecular weight is 425 g/mol. The summed E-state index contributed by atoms with van der Waals surface area (Å²) in [6.45, 7) is 3.67. The van der Waals surface area contributed by atoms with Gasteiger partial charge in [-0.05, 0) is 38.1 Å². The standard InChI is InChI=1S/C21H17ClN4O2S/c1-11-17-18(26(25-11)14-6-4-3-5-7-14)24-19(27)12(2)29-21(17)15-9-8-13(22)10-16(15)23-20(21)28/h3-10,12H,1-2H3,(H,23,28)(H,24,27). The minimum absolute atomic E-state index is 0.166. The van der Waals surface area contributed by atoms with Crippen LogP contribution in [0.2, 0.25) is 5.02 Å². The Morgan fingerprint density at radius 2 is 1.90 bits per heavy atom. The first-order chi connectivity index (χ1) is 13.9. The van der Waals surface area contributed by atoms with Gasteiger partial charge in [-0.1, -0.05) is 35.9 Å². The monoisotopic (exact) mass is 424 g/mol. The van der Waals surface area contributed by atoms with Crippen LogP contribution in [0.4, 0.5) is 11.5 Å². The van der Waals surface area contributed by atoms with Gasteiger partial charge in [0.2, 0.25) is 11.8 Å². The third-order valence-electron chi connectivity index (χ3n) is 5.31. The minimum Gasteiger partial charge on any atom is -0.324 e. The Balaban J connectivity index is 1.84. The Labute approximate surface area is 176 Å². The van der Waals surface area contributed by atoms with Gasteiger partial charge in [-0.25, -0.2) is 4.68 Å². The summed E-state index contributed by atoms with van der Waals surface area (Å²) < 4.78 is 0.606. The number of carbonyl (C=O) groups excluding carboxylic acids is 2. The van der Waals surface area contributed by atoms with Crippen LogP contribution >= 0.6 is 23.4 Å². The fourth-order valence-electron chi connectivity index (χ4n) is 4.04. The molecule has 2 N–H and O–H groups in total. The van der Waals surface area contributed by atoms with E-state index in [0.717, 1.165) is 11.3 Å². The zero-order valence-electron chi connectivity index (χ0n) is 15.7. The first kappa shape index (κ1) is 18.3. The number of benzene rings is 2. The van der Waals surface area contributed by atoms with Crippen LogP contribution in [0.3, 0.4) is 0 Å². The lowest BCUT2D eigenvalue weighted by Crippen LogP contribution is -2.34. The first-order valence-electron chi connectivity index (χ1n) is 9.17. The van der Waals surface area contributed by atoms with E-state index in [1.54, 1.807) is 16.8 Å². The number of amides is 2. The second kappa shape index (κ2) is 6.37. The number of rotatable bonds is 1. The summed E-state index contributed by atoms with van der Waals surface area (Å²) in [7, 11) is 0. The van der Waals surface area contributed by atoms with E-state index in [2.05, 4.69) is 10.6 Å². The highest BCUT2D eigenvalue weighted by Gasteiger charge is 2.55. The molecule has 2 aliphatic rings. The van der Waals surface area contributed by atoms with Crippen molar-refractivity contribution in [3.05, 3.63) is 70.4 Å². The van der Waals surface area contributed by atoms with Crippen molar-refractivity contribution in [2.24, 2.45) is 0 Å². The van der Waals surface area contributed by atoms with Gasteiger partial charge in [0, 0.05) is 21.8 Å². The molecule has 0 aliphatic carbocycles. The van der Waals surface area contributed by atoms with Gasteiger partial charge in [0.1, 0.15) is 5.82 Å². The lowest BCUT2D eigenvalue weighted by molar-refractivity contribution is -0.117. The smallest absolute Gasteiger partial charge is 0.250 e. The lowest BCUT2D eigenvalue weighted by Gasteiger charge is -2.27. The molecular formula is C21H17ClN4O2S. The number of aryl methyl sites for hydroxylation is 1. The van der Waals surface area contributed by atoms with Crippen LogP contribution in [0.25, 0.3) is 5.69 Å². The highest BCUT2D eigenvalue weighted by atomic mass is 35.5. The van der Waals surface area contributed by atoms with Gasteiger partial charge in [0.05, 0.1) is 16.6 Å². The van der Waals surface area contributed by atoms with E-state index in [0.29, 0.717) is 27.8 Å². The van der Waals surface area contributed by atoms with Crippen molar-refractivity contribution in [3.63, 3.8) is 0 Å². The van der Waals surface area contributed by atoms with Crippen LogP contribution in [0, 0.1) is 6.92 Å². The number of hydrogen-bond acceptors (Lipinski definition) is 4. The van der Waals surface area contributed by atoms with E-state index in [9.17, 15) is 9.59 Å². The fourth-order valence-corrected chi connectivity index (χ4v) is 5.73. The van der Waals surface area contributed by atoms with Crippen LogP contribution in [0.5, 0.6) is 0 Å². The van der Waals surface area contributed by atoms with Crippen molar-refractivity contribution in [1.82, 2.24) is 9.78 Å². The number of aromatic nitrogens is 2. The summed E-state index contributed by atoms with van der Waals surface area (Å²) in [5, 5.41) is 10.8. The molecule has 3 heterocycles. The van der Waals surface area contributed by atoms with Crippen LogP contribution in [0.1, 0.15) is 23.7 Å². The van der Waals surface area contributed by atoms with Gasteiger partial charge < -0.3 is 10.6 Å². The number of carbonyl (C=O) groups is 2. The van der Waals surface area contributed by atoms with Gasteiger partial charge in [-0.15, -0.1) is 11.8 Å². The Morgan fingerprint density at radius 3 is 2.66 bits per heavy atom. The molecule has 2 amide bonds. The molecule has 2 aliphatic heterocycles. The summed E-state index contributed by atoms with van der Waals surface area (Å²) >= 11 is 7.48. The largest absolute Gasteiger partial charge is 0.324 e. The molecule has 1 aromatic heterocycles. The highest BCUT2D eigenvalue weighted by molar-refractivity contribution is 8.02. The van der Waals surface area contributed by atoms with Gasteiger partial charge in [-0.3, -0.25) is 9.59 Å². The maximum absolute atomic E-state index is 13.4. The van der Waals surface area contributed by atoms with Crippen molar-refractivity contribution in [3.8, 4) is 5.69 Å². The molecule has 2 atom stereocenters.